The third kappa shape index (κ3) is 2.75. The summed E-state index contributed by atoms with van der Waals surface area (Å²) in [4.78, 5) is 36.1. The number of aromatic carboxylic acids is 1. The van der Waals surface area contributed by atoms with Crippen molar-refractivity contribution < 1.29 is 14.7 Å². The number of benzene rings is 2. The zero-order valence-corrected chi connectivity index (χ0v) is 12.9. The number of carbonyl (C=O) groups is 2. The number of hydrogen-bond donors (Lipinski definition) is 2. The summed E-state index contributed by atoms with van der Waals surface area (Å²) in [6, 6.07) is 12.3. The van der Waals surface area contributed by atoms with Gasteiger partial charge in [-0.3, -0.25) is 9.36 Å². The molecule has 6 nitrogen and oxygen atoms in total. The summed E-state index contributed by atoms with van der Waals surface area (Å²) in [5.41, 5.74) is -0.441. The molecule has 0 aliphatic rings. The molecule has 0 unspecified atom stereocenters. The minimum Gasteiger partial charge on any atom is -0.477 e. The van der Waals surface area contributed by atoms with E-state index >= 15 is 0 Å². The van der Waals surface area contributed by atoms with Gasteiger partial charge in [-0.05, 0) is 24.3 Å². The average molecular weight is 343 g/mol. The van der Waals surface area contributed by atoms with Gasteiger partial charge in [0.1, 0.15) is 5.56 Å². The van der Waals surface area contributed by atoms with Crippen LogP contribution in [0.2, 0.25) is 5.02 Å². The summed E-state index contributed by atoms with van der Waals surface area (Å²) in [6.07, 6.45) is 1.01. The lowest BCUT2D eigenvalue weighted by atomic mass is 10.1. The molecular formula is C17H11ClN2O4. The molecule has 0 atom stereocenters. The number of aromatic nitrogens is 1. The first kappa shape index (κ1) is 15.8. The highest BCUT2D eigenvalue weighted by Crippen LogP contribution is 2.21. The maximum atomic E-state index is 12.6. The second kappa shape index (κ2) is 6.17. The van der Waals surface area contributed by atoms with Crippen molar-refractivity contribution in [2.24, 2.45) is 0 Å². The number of pyridine rings is 1. The molecule has 0 radical (unpaired) electrons. The Morgan fingerprint density at radius 2 is 1.71 bits per heavy atom. The molecule has 24 heavy (non-hydrogen) atoms. The van der Waals surface area contributed by atoms with Crippen molar-refractivity contribution in [3.8, 4) is 0 Å². The van der Waals surface area contributed by atoms with E-state index in [0.717, 1.165) is 10.8 Å². The molecule has 0 aliphatic heterocycles. The summed E-state index contributed by atoms with van der Waals surface area (Å²) < 4.78 is 1.09. The number of rotatable bonds is 2. The SMILES string of the molecule is O=C(O)c1cn(C(=O)Nc2ccccc2Cl)c2ccccc2c1=O. The van der Waals surface area contributed by atoms with Crippen LogP contribution in [0.15, 0.2) is 59.5 Å². The molecule has 3 aromatic rings. The standard InChI is InChI=1S/C17H11ClN2O4/c18-12-6-2-3-7-13(12)19-17(24)20-9-11(16(22)23)15(21)10-5-1-4-8-14(10)20/h1-9H,(H,19,24)(H,22,23). The molecule has 0 spiro atoms. The lowest BCUT2D eigenvalue weighted by Crippen LogP contribution is -2.25. The topological polar surface area (TPSA) is 88.4 Å². The molecule has 1 amide bonds. The number of nitrogens with zero attached hydrogens (tertiary/aromatic N) is 1. The van der Waals surface area contributed by atoms with Gasteiger partial charge in [0.2, 0.25) is 5.43 Å². The molecule has 2 aromatic carbocycles. The summed E-state index contributed by atoms with van der Waals surface area (Å²) in [7, 11) is 0. The molecule has 0 aliphatic carbocycles. The van der Waals surface area contributed by atoms with Crippen molar-refractivity contribution in [2.75, 3.05) is 5.32 Å². The van der Waals surface area contributed by atoms with E-state index in [4.69, 9.17) is 11.6 Å². The Labute approximate surface area is 140 Å². The molecule has 1 heterocycles. The molecule has 0 bridgehead atoms. The van der Waals surface area contributed by atoms with Crippen LogP contribution in [0.5, 0.6) is 0 Å². The van der Waals surface area contributed by atoms with E-state index in [-0.39, 0.29) is 5.39 Å². The van der Waals surface area contributed by atoms with E-state index in [1.807, 2.05) is 0 Å². The largest absolute Gasteiger partial charge is 0.477 e. The Kier molecular flexibility index (Phi) is 4.05. The molecule has 3 rings (SSSR count). The fourth-order valence-corrected chi connectivity index (χ4v) is 2.52. The van der Waals surface area contributed by atoms with E-state index in [2.05, 4.69) is 5.32 Å². The minimum atomic E-state index is -1.40. The van der Waals surface area contributed by atoms with Gasteiger partial charge in [0, 0.05) is 11.6 Å². The average Bonchev–Trinajstić information content (AvgIpc) is 2.57. The van der Waals surface area contributed by atoms with Gasteiger partial charge in [-0.2, -0.15) is 0 Å². The lowest BCUT2D eigenvalue weighted by Gasteiger charge is -2.13. The van der Waals surface area contributed by atoms with Crippen LogP contribution in [0.3, 0.4) is 0 Å². The van der Waals surface area contributed by atoms with Crippen LogP contribution in [0.4, 0.5) is 10.5 Å². The van der Waals surface area contributed by atoms with Crippen LogP contribution in [-0.4, -0.2) is 21.7 Å². The van der Waals surface area contributed by atoms with E-state index in [0.29, 0.717) is 16.2 Å². The number of hydrogen-bond acceptors (Lipinski definition) is 3. The fourth-order valence-electron chi connectivity index (χ4n) is 2.34. The highest BCUT2D eigenvalue weighted by molar-refractivity contribution is 6.33. The number of anilines is 1. The van der Waals surface area contributed by atoms with Gasteiger partial charge >= 0.3 is 12.0 Å². The van der Waals surface area contributed by atoms with Crippen LogP contribution in [0, 0.1) is 0 Å². The number of nitrogens with one attached hydrogen (secondary N) is 1. The minimum absolute atomic E-state index is 0.145. The van der Waals surface area contributed by atoms with Crippen LogP contribution in [0.1, 0.15) is 10.4 Å². The summed E-state index contributed by atoms with van der Waals surface area (Å²) in [5.74, 6) is -1.40. The molecule has 120 valence electrons. The van der Waals surface area contributed by atoms with Gasteiger partial charge in [-0.15, -0.1) is 0 Å². The van der Waals surface area contributed by atoms with Gasteiger partial charge in [0.05, 0.1) is 16.2 Å². The smallest absolute Gasteiger partial charge is 0.341 e. The van der Waals surface area contributed by atoms with Gasteiger partial charge in [-0.1, -0.05) is 35.9 Å². The molecule has 0 fully saturated rings. The maximum Gasteiger partial charge on any atom is 0.341 e. The van der Waals surface area contributed by atoms with Gasteiger partial charge in [0.15, 0.2) is 0 Å². The van der Waals surface area contributed by atoms with Crippen molar-refractivity contribution in [1.29, 1.82) is 0 Å². The third-order valence-electron chi connectivity index (χ3n) is 3.48. The normalized spacial score (nSPS) is 10.5. The fraction of sp³-hybridized carbons (Fsp3) is 0. The van der Waals surface area contributed by atoms with Crippen molar-refractivity contribution in [3.63, 3.8) is 0 Å². The first-order valence-corrected chi connectivity index (χ1v) is 7.30. The molecule has 2 N–H and O–H groups in total. The first-order chi connectivity index (χ1) is 11.5. The monoisotopic (exact) mass is 342 g/mol. The number of carbonyl (C=O) groups excluding carboxylic acids is 1. The predicted molar refractivity (Wildman–Crippen MR) is 91.0 cm³/mol. The van der Waals surface area contributed by atoms with Crippen molar-refractivity contribution in [1.82, 2.24) is 4.57 Å². The highest BCUT2D eigenvalue weighted by atomic mass is 35.5. The van der Waals surface area contributed by atoms with Crippen LogP contribution < -0.4 is 10.7 Å². The zero-order valence-electron chi connectivity index (χ0n) is 12.2. The number of carboxylic acid groups (broad SMARTS) is 1. The number of fused-ring (bicyclic) bond motifs is 1. The molecular weight excluding hydrogens is 332 g/mol. The molecule has 0 saturated heterocycles. The molecule has 1 aromatic heterocycles. The Morgan fingerprint density at radius 1 is 1.04 bits per heavy atom. The van der Waals surface area contributed by atoms with Crippen molar-refractivity contribution >= 4 is 40.2 Å². The lowest BCUT2D eigenvalue weighted by molar-refractivity contribution is 0.0695. The maximum absolute atomic E-state index is 12.6. The van der Waals surface area contributed by atoms with Crippen LogP contribution in [0.25, 0.3) is 10.9 Å². The Hall–Kier alpha value is -3.12. The van der Waals surface area contributed by atoms with E-state index < -0.39 is 23.0 Å². The molecule has 7 heteroatoms. The number of carboxylic acids is 1. The number of para-hydroxylation sites is 2. The first-order valence-electron chi connectivity index (χ1n) is 6.92. The zero-order chi connectivity index (χ0) is 17.3. The third-order valence-corrected chi connectivity index (χ3v) is 3.81. The quantitative estimate of drug-likeness (QED) is 0.746. The summed E-state index contributed by atoms with van der Waals surface area (Å²) in [6.45, 7) is 0. The summed E-state index contributed by atoms with van der Waals surface area (Å²) >= 11 is 6.01. The Balaban J connectivity index is 2.17. The predicted octanol–water partition coefficient (Wildman–Crippen LogP) is 3.43. The highest BCUT2D eigenvalue weighted by Gasteiger charge is 2.17. The van der Waals surface area contributed by atoms with E-state index in [1.54, 1.807) is 42.5 Å². The van der Waals surface area contributed by atoms with Crippen LogP contribution in [-0.2, 0) is 0 Å². The number of halogens is 1. The van der Waals surface area contributed by atoms with Gasteiger partial charge < -0.3 is 10.4 Å². The van der Waals surface area contributed by atoms with E-state index in [9.17, 15) is 19.5 Å². The van der Waals surface area contributed by atoms with Gasteiger partial charge in [0.25, 0.3) is 0 Å². The van der Waals surface area contributed by atoms with E-state index in [1.165, 1.54) is 6.07 Å². The van der Waals surface area contributed by atoms with Gasteiger partial charge in [-0.25, -0.2) is 9.59 Å². The van der Waals surface area contributed by atoms with Crippen LogP contribution >= 0.6 is 11.6 Å². The second-order valence-corrected chi connectivity index (χ2v) is 5.38. The second-order valence-electron chi connectivity index (χ2n) is 4.97. The van der Waals surface area contributed by atoms with Crippen molar-refractivity contribution in [3.05, 3.63) is 75.5 Å². The Bertz CT molecular complexity index is 1030. The number of amides is 1. The Morgan fingerprint density at radius 3 is 2.42 bits per heavy atom. The van der Waals surface area contributed by atoms with Crippen molar-refractivity contribution in [2.45, 2.75) is 0 Å². The summed E-state index contributed by atoms with van der Waals surface area (Å²) in [5, 5.41) is 12.3. The molecule has 0 saturated carbocycles.